The Morgan fingerprint density at radius 1 is 1.00 bits per heavy atom. The smallest absolute Gasteiger partial charge is 0.253 e. The molecule has 0 amide bonds. The molecule has 2 aromatic carbocycles. The number of para-hydroxylation sites is 1. The van der Waals surface area contributed by atoms with Crippen LogP contribution in [-0.2, 0) is 0 Å². The van der Waals surface area contributed by atoms with E-state index in [1.54, 1.807) is 0 Å². The van der Waals surface area contributed by atoms with Gasteiger partial charge in [-0.3, -0.25) is 5.10 Å². The number of anilines is 2. The zero-order chi connectivity index (χ0) is 15.2. The Morgan fingerprint density at radius 3 is 2.61 bits per heavy atom. The van der Waals surface area contributed by atoms with Crippen LogP contribution in [0.5, 0.6) is 11.5 Å². The first-order valence-corrected chi connectivity index (χ1v) is 7.37. The summed E-state index contributed by atoms with van der Waals surface area (Å²) in [5.41, 5.74) is 2.68. The number of nitrogens with one attached hydrogen (secondary N) is 2. The van der Waals surface area contributed by atoms with Crippen LogP contribution >= 0.6 is 0 Å². The molecular formula is C16H13N5O2. The van der Waals surface area contributed by atoms with Crippen molar-refractivity contribution < 1.29 is 9.47 Å². The van der Waals surface area contributed by atoms with E-state index in [-0.39, 0.29) is 0 Å². The number of aromatic amines is 1. The highest BCUT2D eigenvalue weighted by atomic mass is 16.6. The second kappa shape index (κ2) is 4.64. The van der Waals surface area contributed by atoms with Crippen LogP contribution in [0.2, 0.25) is 0 Å². The molecule has 0 fully saturated rings. The van der Waals surface area contributed by atoms with E-state index >= 15 is 0 Å². The van der Waals surface area contributed by atoms with Crippen LogP contribution in [0, 0.1) is 0 Å². The fourth-order valence-electron chi connectivity index (χ4n) is 2.73. The summed E-state index contributed by atoms with van der Waals surface area (Å²) in [6, 6.07) is 13.7. The number of hydrogen-bond acceptors (Lipinski definition) is 5. The molecule has 3 heterocycles. The fourth-order valence-corrected chi connectivity index (χ4v) is 2.73. The molecule has 2 aromatic heterocycles. The molecule has 2 N–H and O–H groups in total. The van der Waals surface area contributed by atoms with Crippen molar-refractivity contribution >= 4 is 28.4 Å². The molecule has 1 aliphatic heterocycles. The number of rotatable bonds is 2. The molecule has 0 atom stereocenters. The first-order valence-electron chi connectivity index (χ1n) is 7.37. The number of benzene rings is 2. The summed E-state index contributed by atoms with van der Waals surface area (Å²) in [6.45, 7) is 1.12. The van der Waals surface area contributed by atoms with E-state index in [9.17, 15) is 0 Å². The van der Waals surface area contributed by atoms with Crippen molar-refractivity contribution in [3.8, 4) is 11.5 Å². The highest BCUT2D eigenvalue weighted by molar-refractivity contribution is 5.83. The van der Waals surface area contributed by atoms with Crippen LogP contribution in [0.3, 0.4) is 0 Å². The molecule has 0 radical (unpaired) electrons. The number of aromatic nitrogens is 4. The lowest BCUT2D eigenvalue weighted by Gasteiger charge is -2.17. The average molecular weight is 307 g/mol. The van der Waals surface area contributed by atoms with Gasteiger partial charge in [0.25, 0.3) is 5.78 Å². The lowest BCUT2D eigenvalue weighted by molar-refractivity contribution is 0.172. The maximum Gasteiger partial charge on any atom is 0.253 e. The molecule has 0 spiro atoms. The number of ether oxygens (including phenoxy) is 2. The van der Waals surface area contributed by atoms with Crippen molar-refractivity contribution in [2.45, 2.75) is 0 Å². The van der Waals surface area contributed by atoms with Gasteiger partial charge in [0.15, 0.2) is 11.5 Å². The SMILES string of the molecule is c1ccc(Nc2nc3nc4cc5c(cc4n3[nH]2)OCCO5)cc1. The van der Waals surface area contributed by atoms with E-state index < -0.39 is 0 Å². The Labute approximate surface area is 130 Å². The molecule has 7 nitrogen and oxygen atoms in total. The van der Waals surface area contributed by atoms with Crippen LogP contribution in [0.15, 0.2) is 42.5 Å². The van der Waals surface area contributed by atoms with E-state index in [4.69, 9.17) is 9.47 Å². The molecule has 5 rings (SSSR count). The Kier molecular flexibility index (Phi) is 2.49. The second-order valence-electron chi connectivity index (χ2n) is 5.30. The summed E-state index contributed by atoms with van der Waals surface area (Å²) in [6.07, 6.45) is 0. The van der Waals surface area contributed by atoms with Crippen molar-refractivity contribution in [1.29, 1.82) is 0 Å². The van der Waals surface area contributed by atoms with Gasteiger partial charge in [0, 0.05) is 17.8 Å². The minimum absolute atomic E-state index is 0.560. The Bertz CT molecular complexity index is 1010. The van der Waals surface area contributed by atoms with Gasteiger partial charge in [-0.05, 0) is 12.1 Å². The van der Waals surface area contributed by atoms with Crippen molar-refractivity contribution in [1.82, 2.24) is 19.6 Å². The highest BCUT2D eigenvalue weighted by Gasteiger charge is 2.17. The van der Waals surface area contributed by atoms with Crippen LogP contribution in [0.25, 0.3) is 16.8 Å². The van der Waals surface area contributed by atoms with E-state index in [0.29, 0.717) is 24.9 Å². The topological polar surface area (TPSA) is 76.5 Å². The molecule has 1 aliphatic rings. The Morgan fingerprint density at radius 2 is 1.78 bits per heavy atom. The molecule has 114 valence electrons. The number of nitrogens with zero attached hydrogens (tertiary/aromatic N) is 3. The van der Waals surface area contributed by atoms with E-state index in [1.807, 2.05) is 47.0 Å². The average Bonchev–Trinajstić information content (AvgIpc) is 3.11. The first-order chi connectivity index (χ1) is 11.4. The quantitative estimate of drug-likeness (QED) is 0.595. The van der Waals surface area contributed by atoms with Crippen LogP contribution in [0.4, 0.5) is 11.6 Å². The normalized spacial score (nSPS) is 13.6. The van der Waals surface area contributed by atoms with Crippen molar-refractivity contribution in [2.75, 3.05) is 18.5 Å². The predicted octanol–water partition coefficient (Wildman–Crippen LogP) is 2.73. The van der Waals surface area contributed by atoms with Gasteiger partial charge in [-0.2, -0.15) is 4.98 Å². The summed E-state index contributed by atoms with van der Waals surface area (Å²) in [4.78, 5) is 9.01. The van der Waals surface area contributed by atoms with E-state index in [0.717, 1.165) is 28.2 Å². The minimum atomic E-state index is 0.560. The molecule has 0 saturated carbocycles. The monoisotopic (exact) mass is 307 g/mol. The number of fused-ring (bicyclic) bond motifs is 4. The lowest BCUT2D eigenvalue weighted by Crippen LogP contribution is -2.15. The third-order valence-corrected chi connectivity index (χ3v) is 3.77. The van der Waals surface area contributed by atoms with E-state index in [1.165, 1.54) is 0 Å². The van der Waals surface area contributed by atoms with Gasteiger partial charge in [-0.25, -0.2) is 9.50 Å². The molecule has 4 aromatic rings. The molecule has 0 bridgehead atoms. The third kappa shape index (κ3) is 1.97. The van der Waals surface area contributed by atoms with Gasteiger partial charge in [0.05, 0.1) is 11.0 Å². The van der Waals surface area contributed by atoms with Gasteiger partial charge in [-0.1, -0.05) is 18.2 Å². The summed E-state index contributed by atoms with van der Waals surface area (Å²) in [7, 11) is 0. The third-order valence-electron chi connectivity index (χ3n) is 3.77. The standard InChI is InChI=1S/C16H13N5O2/c1-2-4-10(5-3-1)17-15-19-16-18-11-8-13-14(23-7-6-22-13)9-12(11)21(16)20-15/h1-5,8-9H,6-7H2,(H2,17,18,19,20). The number of hydrogen-bond donors (Lipinski definition) is 2. The summed E-state index contributed by atoms with van der Waals surface area (Å²) in [5, 5.41) is 6.43. The van der Waals surface area contributed by atoms with Crippen molar-refractivity contribution in [2.24, 2.45) is 0 Å². The zero-order valence-corrected chi connectivity index (χ0v) is 12.1. The Balaban J connectivity index is 1.60. The maximum atomic E-state index is 5.64. The summed E-state index contributed by atoms with van der Waals surface area (Å²) >= 11 is 0. The first kappa shape index (κ1) is 12.3. The second-order valence-corrected chi connectivity index (χ2v) is 5.30. The largest absolute Gasteiger partial charge is 0.486 e. The highest BCUT2D eigenvalue weighted by Crippen LogP contribution is 2.34. The van der Waals surface area contributed by atoms with Crippen LogP contribution in [0.1, 0.15) is 0 Å². The minimum Gasteiger partial charge on any atom is -0.486 e. The van der Waals surface area contributed by atoms with Crippen molar-refractivity contribution in [3.63, 3.8) is 0 Å². The summed E-state index contributed by atoms with van der Waals surface area (Å²) in [5.74, 6) is 2.70. The van der Waals surface area contributed by atoms with Crippen LogP contribution < -0.4 is 14.8 Å². The molecular weight excluding hydrogens is 294 g/mol. The zero-order valence-electron chi connectivity index (χ0n) is 12.1. The van der Waals surface area contributed by atoms with Crippen molar-refractivity contribution in [3.05, 3.63) is 42.5 Å². The molecule has 0 aliphatic carbocycles. The van der Waals surface area contributed by atoms with Gasteiger partial charge in [0.2, 0.25) is 5.95 Å². The van der Waals surface area contributed by atoms with Gasteiger partial charge in [0.1, 0.15) is 13.2 Å². The predicted molar refractivity (Wildman–Crippen MR) is 85.6 cm³/mol. The molecule has 0 saturated heterocycles. The van der Waals surface area contributed by atoms with Gasteiger partial charge >= 0.3 is 0 Å². The van der Waals surface area contributed by atoms with Crippen LogP contribution in [-0.4, -0.2) is 32.8 Å². The lowest BCUT2D eigenvalue weighted by atomic mass is 10.2. The molecule has 7 heteroatoms. The maximum absolute atomic E-state index is 5.64. The summed E-state index contributed by atoms with van der Waals surface area (Å²) < 4.78 is 13.1. The number of imidazole rings is 1. The number of H-pyrrole nitrogens is 1. The van der Waals surface area contributed by atoms with E-state index in [2.05, 4.69) is 20.4 Å². The Hall–Kier alpha value is -3.22. The fraction of sp³-hybridized carbons (Fsp3) is 0.125. The van der Waals surface area contributed by atoms with Gasteiger partial charge < -0.3 is 14.8 Å². The molecule has 23 heavy (non-hydrogen) atoms. The van der Waals surface area contributed by atoms with Gasteiger partial charge in [-0.15, -0.1) is 0 Å². The molecule has 0 unspecified atom stereocenters.